The van der Waals surface area contributed by atoms with E-state index in [0.717, 1.165) is 5.69 Å². The third-order valence-corrected chi connectivity index (χ3v) is 2.95. The number of carbonyl (C=O) groups excluding carboxylic acids is 2. The number of likely N-dealkylation sites (N-methyl/N-ethyl adjacent to an activating group) is 1. The molecule has 0 aliphatic heterocycles. The van der Waals surface area contributed by atoms with Crippen molar-refractivity contribution in [2.45, 2.75) is 27.3 Å². The fraction of sp³-hybridized carbons (Fsp3) is 0.545. The first-order valence-corrected chi connectivity index (χ1v) is 6.06. The van der Waals surface area contributed by atoms with Crippen LogP contribution >= 0.6 is 11.6 Å². The highest BCUT2D eigenvalue weighted by Gasteiger charge is 2.12. The zero-order valence-electron chi connectivity index (χ0n) is 10.7. The van der Waals surface area contributed by atoms with Crippen molar-refractivity contribution in [3.63, 3.8) is 0 Å². The fourth-order valence-corrected chi connectivity index (χ4v) is 1.59. The predicted molar refractivity (Wildman–Crippen MR) is 68.4 cm³/mol. The van der Waals surface area contributed by atoms with E-state index in [1.54, 1.807) is 13.8 Å². The number of carbonyl (C=O) groups is 2. The van der Waals surface area contributed by atoms with Crippen LogP contribution in [0.3, 0.4) is 0 Å². The number of aryl methyl sites for hydroxylation is 1. The smallest absolute Gasteiger partial charge is 0.242 e. The molecule has 0 atom stereocenters. The number of halogens is 1. The summed E-state index contributed by atoms with van der Waals surface area (Å²) in [6, 6.07) is 0. The second-order valence-corrected chi connectivity index (χ2v) is 4.25. The van der Waals surface area contributed by atoms with Gasteiger partial charge in [-0.15, -0.1) is 0 Å². The van der Waals surface area contributed by atoms with Crippen LogP contribution in [0, 0.1) is 13.8 Å². The molecule has 6 nitrogen and oxygen atoms in total. The topological polar surface area (TPSA) is 76.0 Å². The molecule has 100 valence electrons. The Morgan fingerprint density at radius 3 is 2.44 bits per heavy atom. The first-order chi connectivity index (χ1) is 8.45. The first kappa shape index (κ1) is 14.5. The van der Waals surface area contributed by atoms with Crippen LogP contribution in [-0.2, 0) is 16.1 Å². The Bertz CT molecular complexity index is 456. The van der Waals surface area contributed by atoms with Crippen LogP contribution in [0.15, 0.2) is 0 Å². The molecular weight excluding hydrogens is 256 g/mol. The van der Waals surface area contributed by atoms with Gasteiger partial charge in [0.1, 0.15) is 6.54 Å². The third-order valence-electron chi connectivity index (χ3n) is 2.41. The van der Waals surface area contributed by atoms with Gasteiger partial charge in [0, 0.05) is 6.54 Å². The summed E-state index contributed by atoms with van der Waals surface area (Å²) in [5, 5.41) is 9.81. The maximum absolute atomic E-state index is 11.6. The van der Waals surface area contributed by atoms with Crippen molar-refractivity contribution in [1.29, 1.82) is 0 Å². The van der Waals surface area contributed by atoms with Gasteiger partial charge in [-0.1, -0.05) is 11.6 Å². The van der Waals surface area contributed by atoms with Gasteiger partial charge >= 0.3 is 0 Å². The normalized spacial score (nSPS) is 10.2. The number of amides is 2. The molecule has 0 spiro atoms. The summed E-state index contributed by atoms with van der Waals surface area (Å²) in [5.74, 6) is -0.485. The first-order valence-electron chi connectivity index (χ1n) is 5.68. The minimum absolute atomic E-state index is 0.0281. The van der Waals surface area contributed by atoms with Crippen LogP contribution < -0.4 is 10.6 Å². The molecule has 2 N–H and O–H groups in total. The van der Waals surface area contributed by atoms with Crippen LogP contribution in [0.2, 0.25) is 5.02 Å². The molecule has 0 saturated heterocycles. The molecule has 0 fully saturated rings. The zero-order valence-corrected chi connectivity index (χ0v) is 11.5. The van der Waals surface area contributed by atoms with Crippen LogP contribution in [0.25, 0.3) is 0 Å². The number of nitrogens with one attached hydrogen (secondary N) is 2. The molecule has 1 aromatic heterocycles. The molecule has 0 bridgehead atoms. The molecule has 0 aliphatic carbocycles. The van der Waals surface area contributed by atoms with E-state index in [0.29, 0.717) is 17.3 Å². The lowest BCUT2D eigenvalue weighted by atomic mass is 10.4. The molecule has 18 heavy (non-hydrogen) atoms. The lowest BCUT2D eigenvalue weighted by Gasteiger charge is -2.06. The molecule has 0 unspecified atom stereocenters. The monoisotopic (exact) mass is 272 g/mol. The van der Waals surface area contributed by atoms with Gasteiger partial charge in [-0.2, -0.15) is 5.10 Å². The predicted octanol–water partition coefficient (Wildman–Crippen LogP) is 0.406. The number of rotatable bonds is 5. The number of nitrogens with zero attached hydrogens (tertiary/aromatic N) is 2. The van der Waals surface area contributed by atoms with Crippen molar-refractivity contribution in [2.75, 3.05) is 13.1 Å². The highest BCUT2D eigenvalue weighted by Crippen LogP contribution is 2.18. The van der Waals surface area contributed by atoms with E-state index in [2.05, 4.69) is 15.7 Å². The summed E-state index contributed by atoms with van der Waals surface area (Å²) in [4.78, 5) is 22.8. The summed E-state index contributed by atoms with van der Waals surface area (Å²) >= 11 is 5.97. The van der Waals surface area contributed by atoms with Crippen LogP contribution in [0.4, 0.5) is 0 Å². The summed E-state index contributed by atoms with van der Waals surface area (Å²) < 4.78 is 1.52. The lowest BCUT2D eigenvalue weighted by Crippen LogP contribution is -2.38. The van der Waals surface area contributed by atoms with Crippen molar-refractivity contribution in [3.8, 4) is 0 Å². The van der Waals surface area contributed by atoms with Gasteiger partial charge in [0.05, 0.1) is 23.0 Å². The van der Waals surface area contributed by atoms with Crippen LogP contribution in [0.5, 0.6) is 0 Å². The molecule has 7 heteroatoms. The van der Waals surface area contributed by atoms with Gasteiger partial charge in [-0.3, -0.25) is 14.3 Å². The number of hydrogen-bond donors (Lipinski definition) is 2. The van der Waals surface area contributed by atoms with E-state index in [1.165, 1.54) is 4.68 Å². The highest BCUT2D eigenvalue weighted by atomic mass is 35.5. The van der Waals surface area contributed by atoms with Crippen molar-refractivity contribution in [2.24, 2.45) is 0 Å². The Labute approximate surface area is 111 Å². The average Bonchev–Trinajstić information content (AvgIpc) is 2.55. The van der Waals surface area contributed by atoms with E-state index < -0.39 is 0 Å². The quantitative estimate of drug-likeness (QED) is 0.815. The van der Waals surface area contributed by atoms with Crippen molar-refractivity contribution >= 4 is 23.4 Å². The molecule has 1 heterocycles. The van der Waals surface area contributed by atoms with Gasteiger partial charge in [-0.05, 0) is 20.8 Å². The van der Waals surface area contributed by atoms with Gasteiger partial charge in [0.15, 0.2) is 0 Å². The summed E-state index contributed by atoms with van der Waals surface area (Å²) in [6.45, 7) is 5.95. The Balaban J connectivity index is 2.50. The van der Waals surface area contributed by atoms with E-state index in [9.17, 15) is 9.59 Å². The van der Waals surface area contributed by atoms with E-state index >= 15 is 0 Å². The maximum atomic E-state index is 11.6. The third kappa shape index (κ3) is 3.73. The Kier molecular flexibility index (Phi) is 5.15. The highest BCUT2D eigenvalue weighted by molar-refractivity contribution is 6.31. The Hall–Kier alpha value is -1.56. The van der Waals surface area contributed by atoms with Gasteiger partial charge in [-0.25, -0.2) is 0 Å². The minimum atomic E-state index is -0.275. The summed E-state index contributed by atoms with van der Waals surface area (Å²) in [6.07, 6.45) is 0. The van der Waals surface area contributed by atoms with Crippen molar-refractivity contribution in [1.82, 2.24) is 20.4 Å². The number of aromatic nitrogens is 2. The zero-order chi connectivity index (χ0) is 13.7. The van der Waals surface area contributed by atoms with Gasteiger partial charge < -0.3 is 10.6 Å². The van der Waals surface area contributed by atoms with Crippen LogP contribution in [-0.4, -0.2) is 34.7 Å². The molecule has 0 aromatic carbocycles. The molecule has 2 amide bonds. The van der Waals surface area contributed by atoms with E-state index in [-0.39, 0.29) is 24.9 Å². The SMILES string of the molecule is CCNC(=O)CNC(=O)Cn1nc(C)c(Cl)c1C. The fourth-order valence-electron chi connectivity index (χ4n) is 1.46. The number of hydrogen-bond acceptors (Lipinski definition) is 3. The largest absolute Gasteiger partial charge is 0.355 e. The second kappa shape index (κ2) is 6.39. The minimum Gasteiger partial charge on any atom is -0.355 e. The summed E-state index contributed by atoms with van der Waals surface area (Å²) in [7, 11) is 0. The molecule has 0 saturated carbocycles. The lowest BCUT2D eigenvalue weighted by molar-refractivity contribution is -0.126. The summed E-state index contributed by atoms with van der Waals surface area (Å²) in [5.41, 5.74) is 1.42. The standard InChI is InChI=1S/C11H17ClN4O2/c1-4-13-9(17)5-14-10(18)6-16-8(3)11(12)7(2)15-16/h4-6H2,1-3H3,(H,13,17)(H,14,18). The van der Waals surface area contributed by atoms with Crippen molar-refractivity contribution in [3.05, 3.63) is 16.4 Å². The maximum Gasteiger partial charge on any atom is 0.242 e. The Morgan fingerprint density at radius 1 is 1.28 bits per heavy atom. The van der Waals surface area contributed by atoms with Gasteiger partial charge in [0.25, 0.3) is 0 Å². The molecule has 1 rings (SSSR count). The van der Waals surface area contributed by atoms with E-state index in [1.807, 2.05) is 6.92 Å². The molecule has 0 radical (unpaired) electrons. The van der Waals surface area contributed by atoms with Crippen LogP contribution in [0.1, 0.15) is 18.3 Å². The molecule has 0 aliphatic rings. The molecule has 1 aromatic rings. The van der Waals surface area contributed by atoms with Crippen molar-refractivity contribution < 1.29 is 9.59 Å². The molecular formula is C11H17ClN4O2. The van der Waals surface area contributed by atoms with E-state index in [4.69, 9.17) is 11.6 Å². The Morgan fingerprint density at radius 2 is 1.94 bits per heavy atom. The second-order valence-electron chi connectivity index (χ2n) is 3.87. The van der Waals surface area contributed by atoms with Gasteiger partial charge in [0.2, 0.25) is 11.8 Å². The average molecular weight is 273 g/mol.